The van der Waals surface area contributed by atoms with Gasteiger partial charge in [-0.25, -0.2) is 9.97 Å². The molecule has 0 saturated carbocycles. The molecule has 0 aliphatic carbocycles. The van der Waals surface area contributed by atoms with E-state index >= 15 is 0 Å². The number of hydrogen-bond donors (Lipinski definition) is 2. The number of anilines is 1. The molecule has 3 aromatic rings. The molecule has 0 saturated heterocycles. The van der Waals surface area contributed by atoms with Crippen LogP contribution in [0.4, 0.5) is 19.0 Å². The Kier molecular flexibility index (Phi) is 5.85. The van der Waals surface area contributed by atoms with E-state index in [0.717, 1.165) is 12.1 Å². The number of ether oxygens (including phenoxy) is 1. The lowest BCUT2D eigenvalue weighted by atomic mass is 10.0. The van der Waals surface area contributed by atoms with Crippen molar-refractivity contribution in [3.63, 3.8) is 0 Å². The summed E-state index contributed by atoms with van der Waals surface area (Å²) in [4.78, 5) is 21.2. The number of rotatable bonds is 6. The fourth-order valence-electron chi connectivity index (χ4n) is 2.86. The summed E-state index contributed by atoms with van der Waals surface area (Å²) in [7, 11) is 2.98. The van der Waals surface area contributed by atoms with E-state index in [4.69, 9.17) is 4.74 Å². The van der Waals surface area contributed by atoms with Crippen LogP contribution in [0, 0.1) is 0 Å². The quantitative estimate of drug-likeness (QED) is 0.651. The number of benzene rings is 1. The standard InChI is InChI=1S/C19H19F3N4O3/c1-26-10-25-16-14(11-3-5-12(6-4-11)19(20,21)22)8-24-17(15(16)18(26)28)23-7-13(27)9-29-2/h3-6,8,10,13,27H,7,9H2,1-2H3,(H,23,24)/t13-/m1/s1. The minimum absolute atomic E-state index is 0.0909. The van der Waals surface area contributed by atoms with Crippen molar-refractivity contribution in [2.24, 2.45) is 7.05 Å². The smallest absolute Gasteiger partial charge is 0.389 e. The van der Waals surface area contributed by atoms with Crippen molar-refractivity contribution in [1.29, 1.82) is 0 Å². The lowest BCUT2D eigenvalue weighted by molar-refractivity contribution is -0.137. The van der Waals surface area contributed by atoms with Gasteiger partial charge < -0.3 is 19.7 Å². The molecule has 0 spiro atoms. The Morgan fingerprint density at radius 1 is 1.24 bits per heavy atom. The first-order chi connectivity index (χ1) is 13.7. The number of pyridine rings is 1. The first-order valence-corrected chi connectivity index (χ1v) is 8.65. The highest BCUT2D eigenvalue weighted by molar-refractivity contribution is 5.98. The first-order valence-electron chi connectivity index (χ1n) is 8.65. The first kappa shape index (κ1) is 20.7. The van der Waals surface area contributed by atoms with Gasteiger partial charge in [0, 0.05) is 32.5 Å². The number of alkyl halides is 3. The number of nitrogens with zero attached hydrogens (tertiary/aromatic N) is 3. The van der Waals surface area contributed by atoms with Crippen LogP contribution in [0.25, 0.3) is 22.0 Å². The summed E-state index contributed by atoms with van der Waals surface area (Å²) in [6, 6.07) is 4.56. The van der Waals surface area contributed by atoms with Crippen LogP contribution in [0.5, 0.6) is 0 Å². The minimum atomic E-state index is -4.44. The van der Waals surface area contributed by atoms with Crippen molar-refractivity contribution >= 4 is 16.7 Å². The topological polar surface area (TPSA) is 89.3 Å². The number of hydrogen-bond acceptors (Lipinski definition) is 6. The molecule has 154 valence electrons. The zero-order chi connectivity index (χ0) is 21.2. The molecule has 2 heterocycles. The van der Waals surface area contributed by atoms with Crippen LogP contribution in [0.15, 0.2) is 41.6 Å². The molecule has 1 aromatic carbocycles. The fourth-order valence-corrected chi connectivity index (χ4v) is 2.86. The molecule has 29 heavy (non-hydrogen) atoms. The lowest BCUT2D eigenvalue weighted by Crippen LogP contribution is -2.26. The Morgan fingerprint density at radius 3 is 2.55 bits per heavy atom. The molecule has 7 nitrogen and oxygen atoms in total. The normalized spacial score (nSPS) is 12.9. The van der Waals surface area contributed by atoms with Gasteiger partial charge in [-0.2, -0.15) is 13.2 Å². The van der Waals surface area contributed by atoms with Crippen molar-refractivity contribution in [1.82, 2.24) is 14.5 Å². The molecule has 2 N–H and O–H groups in total. The summed E-state index contributed by atoms with van der Waals surface area (Å²) < 4.78 is 44.6. The van der Waals surface area contributed by atoms with E-state index in [1.165, 1.54) is 43.4 Å². The van der Waals surface area contributed by atoms with E-state index in [-0.39, 0.29) is 29.9 Å². The average Bonchev–Trinajstić information content (AvgIpc) is 2.68. The number of aliphatic hydroxyl groups is 1. The van der Waals surface area contributed by atoms with Gasteiger partial charge in [-0.05, 0) is 17.7 Å². The van der Waals surface area contributed by atoms with Crippen molar-refractivity contribution < 1.29 is 23.0 Å². The van der Waals surface area contributed by atoms with Gasteiger partial charge in [-0.1, -0.05) is 12.1 Å². The van der Waals surface area contributed by atoms with Gasteiger partial charge in [0.25, 0.3) is 5.56 Å². The minimum Gasteiger partial charge on any atom is -0.389 e. The zero-order valence-electron chi connectivity index (χ0n) is 15.7. The van der Waals surface area contributed by atoms with Crippen molar-refractivity contribution in [3.05, 3.63) is 52.7 Å². The molecule has 0 fully saturated rings. The Hall–Kier alpha value is -2.98. The zero-order valence-corrected chi connectivity index (χ0v) is 15.7. The van der Waals surface area contributed by atoms with Gasteiger partial charge in [-0.15, -0.1) is 0 Å². The molecule has 10 heteroatoms. The summed E-state index contributed by atoms with van der Waals surface area (Å²) in [6.07, 6.45) is -2.49. The van der Waals surface area contributed by atoms with Crippen LogP contribution < -0.4 is 10.9 Å². The van der Waals surface area contributed by atoms with Gasteiger partial charge >= 0.3 is 6.18 Å². The van der Waals surface area contributed by atoms with Crippen LogP contribution in [0.1, 0.15) is 5.56 Å². The van der Waals surface area contributed by atoms with Crippen LogP contribution in [0.3, 0.4) is 0 Å². The molecule has 0 aliphatic rings. The van der Waals surface area contributed by atoms with Gasteiger partial charge in [0.2, 0.25) is 0 Å². The Bertz CT molecular complexity index is 1070. The van der Waals surface area contributed by atoms with Gasteiger partial charge in [-0.3, -0.25) is 4.79 Å². The Labute approximate surface area is 163 Å². The van der Waals surface area contributed by atoms with Crippen LogP contribution in [-0.2, 0) is 18.0 Å². The van der Waals surface area contributed by atoms with Gasteiger partial charge in [0.05, 0.1) is 30.1 Å². The molecular formula is C19H19F3N4O3. The number of aliphatic hydroxyl groups excluding tert-OH is 1. The van der Waals surface area contributed by atoms with Gasteiger partial charge in [0.15, 0.2) is 0 Å². The summed E-state index contributed by atoms with van der Waals surface area (Å²) in [5.41, 5.74) is 0.0241. The molecule has 0 bridgehead atoms. The molecule has 0 amide bonds. The third-order valence-corrected chi connectivity index (χ3v) is 4.33. The Balaban J connectivity index is 2.08. The molecule has 2 aromatic heterocycles. The largest absolute Gasteiger partial charge is 0.416 e. The van der Waals surface area contributed by atoms with Crippen LogP contribution in [-0.4, -0.2) is 46.0 Å². The molecule has 0 unspecified atom stereocenters. The van der Waals surface area contributed by atoms with E-state index in [0.29, 0.717) is 16.6 Å². The predicted octanol–water partition coefficient (Wildman–Crippen LogP) is 2.43. The molecule has 3 rings (SSSR count). The van der Waals surface area contributed by atoms with Crippen molar-refractivity contribution in [3.8, 4) is 11.1 Å². The summed E-state index contributed by atoms with van der Waals surface area (Å²) in [5.74, 6) is 0.222. The second kappa shape index (κ2) is 8.18. The number of fused-ring (bicyclic) bond motifs is 1. The number of halogens is 3. The fraction of sp³-hybridized carbons (Fsp3) is 0.316. The summed E-state index contributed by atoms with van der Waals surface area (Å²) >= 11 is 0. The third-order valence-electron chi connectivity index (χ3n) is 4.33. The molecule has 1 atom stereocenters. The lowest BCUT2D eigenvalue weighted by Gasteiger charge is -2.15. The monoisotopic (exact) mass is 408 g/mol. The summed E-state index contributed by atoms with van der Waals surface area (Å²) in [5, 5.41) is 12.9. The van der Waals surface area contributed by atoms with E-state index in [9.17, 15) is 23.1 Å². The van der Waals surface area contributed by atoms with Crippen molar-refractivity contribution in [2.75, 3.05) is 25.6 Å². The number of methoxy groups -OCH3 is 1. The van der Waals surface area contributed by atoms with Gasteiger partial charge in [0.1, 0.15) is 11.2 Å². The third kappa shape index (κ3) is 4.38. The number of aromatic nitrogens is 3. The number of nitrogens with one attached hydrogen (secondary N) is 1. The summed E-state index contributed by atoms with van der Waals surface area (Å²) in [6.45, 7) is 0.193. The van der Waals surface area contributed by atoms with E-state index < -0.39 is 17.8 Å². The van der Waals surface area contributed by atoms with E-state index in [1.54, 1.807) is 0 Å². The second-order valence-corrected chi connectivity index (χ2v) is 6.47. The predicted molar refractivity (Wildman–Crippen MR) is 102 cm³/mol. The van der Waals surface area contributed by atoms with E-state index in [1.807, 2.05) is 0 Å². The maximum absolute atomic E-state index is 12.8. The Morgan fingerprint density at radius 2 is 1.93 bits per heavy atom. The van der Waals surface area contributed by atoms with Crippen LogP contribution >= 0.6 is 0 Å². The maximum Gasteiger partial charge on any atom is 0.416 e. The molecule has 0 aliphatic heterocycles. The number of aryl methyl sites for hydroxylation is 1. The highest BCUT2D eigenvalue weighted by Gasteiger charge is 2.30. The highest BCUT2D eigenvalue weighted by atomic mass is 19.4. The molecular weight excluding hydrogens is 389 g/mol. The van der Waals surface area contributed by atoms with E-state index in [2.05, 4.69) is 15.3 Å². The van der Waals surface area contributed by atoms with Crippen molar-refractivity contribution in [2.45, 2.75) is 12.3 Å². The second-order valence-electron chi connectivity index (χ2n) is 6.47. The SMILES string of the molecule is COC[C@H](O)CNc1ncc(-c2ccc(C(F)(F)F)cc2)c2ncn(C)c(=O)c12. The highest BCUT2D eigenvalue weighted by Crippen LogP contribution is 2.33. The maximum atomic E-state index is 12.8. The average molecular weight is 408 g/mol. The van der Waals surface area contributed by atoms with Crippen LogP contribution in [0.2, 0.25) is 0 Å². The molecule has 0 radical (unpaired) electrons.